The average molecular weight is 509 g/mol. The molecule has 0 saturated heterocycles. The van der Waals surface area contributed by atoms with Crippen molar-refractivity contribution in [1.29, 1.82) is 0 Å². The van der Waals surface area contributed by atoms with Crippen LogP contribution in [0.5, 0.6) is 0 Å². The Morgan fingerprint density at radius 3 is 2.03 bits per heavy atom. The number of furan rings is 2. The van der Waals surface area contributed by atoms with Crippen LogP contribution in [0.1, 0.15) is 75.7 Å². The Balaban J connectivity index is 0.000000173. The number of hydrogen-bond acceptors (Lipinski definition) is 7. The molecular weight excluding hydrogens is 476 g/mol. The molecule has 3 aliphatic rings. The molecule has 0 unspecified atom stereocenters. The van der Waals surface area contributed by atoms with Crippen molar-refractivity contribution in [2.45, 2.75) is 75.3 Å². The van der Waals surface area contributed by atoms with Crippen molar-refractivity contribution >= 4 is 35.9 Å². The molecule has 0 bridgehead atoms. The number of hydrogen-bond donors (Lipinski definition) is 2. The third-order valence-electron chi connectivity index (χ3n) is 6.94. The minimum absolute atomic E-state index is 0.193. The lowest BCUT2D eigenvalue weighted by Gasteiger charge is -2.33. The van der Waals surface area contributed by atoms with E-state index in [1.165, 1.54) is 24.8 Å². The van der Waals surface area contributed by atoms with Crippen LogP contribution in [0.2, 0.25) is 0 Å². The molecule has 2 aliphatic carbocycles. The lowest BCUT2D eigenvalue weighted by molar-refractivity contribution is -0.148. The summed E-state index contributed by atoms with van der Waals surface area (Å²) in [6, 6.07) is 7.09. The zero-order valence-corrected chi connectivity index (χ0v) is 20.7. The lowest BCUT2D eigenvalue weighted by Crippen LogP contribution is -2.55. The van der Waals surface area contributed by atoms with Crippen molar-refractivity contribution in [3.05, 3.63) is 60.5 Å². The number of ether oxygens (including phenoxy) is 1. The summed E-state index contributed by atoms with van der Waals surface area (Å²) in [4.78, 5) is 39.6. The number of esters is 1. The normalized spacial score (nSPS) is 20.3. The van der Waals surface area contributed by atoms with Gasteiger partial charge in [0.25, 0.3) is 0 Å². The Bertz CT molecular complexity index is 1150. The molecular formula is C28H32N2O7. The van der Waals surface area contributed by atoms with Crippen molar-refractivity contribution < 1.29 is 33.1 Å². The summed E-state index contributed by atoms with van der Waals surface area (Å²) in [5.74, 6) is 0.133. The molecule has 9 nitrogen and oxygen atoms in total. The smallest absolute Gasteiger partial charge is 0.340 e. The molecule has 0 atom stereocenters. The van der Waals surface area contributed by atoms with Gasteiger partial charge in [0.1, 0.15) is 17.1 Å². The Morgan fingerprint density at radius 1 is 0.865 bits per heavy atom. The van der Waals surface area contributed by atoms with Crippen LogP contribution in [0.25, 0.3) is 12.2 Å². The third kappa shape index (κ3) is 6.67. The molecule has 196 valence electrons. The number of aliphatic carboxylic acids is 1. The van der Waals surface area contributed by atoms with Crippen molar-refractivity contribution in [2.75, 3.05) is 0 Å². The molecule has 2 fully saturated rings. The van der Waals surface area contributed by atoms with Gasteiger partial charge >= 0.3 is 11.9 Å². The van der Waals surface area contributed by atoms with Crippen LogP contribution < -0.4 is 5.32 Å². The third-order valence-corrected chi connectivity index (χ3v) is 6.94. The number of carbonyl (C=O) groups is 3. The first kappa shape index (κ1) is 26.2. The van der Waals surface area contributed by atoms with Gasteiger partial charge in [-0.05, 0) is 62.1 Å². The molecule has 2 aromatic heterocycles. The average Bonchev–Trinajstić information content (AvgIpc) is 3.66. The Morgan fingerprint density at radius 2 is 1.46 bits per heavy atom. The Kier molecular flexibility index (Phi) is 8.43. The number of aliphatic imine (C=N–C) groups is 1. The number of nitrogens with one attached hydrogen (secondary N) is 1. The summed E-state index contributed by atoms with van der Waals surface area (Å²) in [6.45, 7) is 0. The molecule has 2 N–H and O–H groups in total. The fourth-order valence-electron chi connectivity index (χ4n) is 4.90. The second-order valence-corrected chi connectivity index (χ2v) is 9.57. The quantitative estimate of drug-likeness (QED) is 0.407. The van der Waals surface area contributed by atoms with E-state index in [2.05, 4.69) is 10.3 Å². The first-order valence-electron chi connectivity index (χ1n) is 12.7. The van der Waals surface area contributed by atoms with Gasteiger partial charge in [0.2, 0.25) is 11.8 Å². The molecule has 37 heavy (non-hydrogen) atoms. The highest BCUT2D eigenvalue weighted by Crippen LogP contribution is 2.36. The van der Waals surface area contributed by atoms with Crippen LogP contribution in [0.15, 0.2) is 62.8 Å². The van der Waals surface area contributed by atoms with E-state index in [1.54, 1.807) is 30.5 Å². The van der Waals surface area contributed by atoms with E-state index in [-0.39, 0.29) is 5.97 Å². The van der Waals surface area contributed by atoms with Crippen molar-refractivity contribution in [3.63, 3.8) is 0 Å². The monoisotopic (exact) mass is 508 g/mol. The SMILES string of the molecule is O=C(/C=C/c1ccco1)NC1(C(=O)O)CCCCC1.O=C1OC(/C=C/c2ccco2)=NC12CCCCC2. The predicted molar refractivity (Wildman–Crippen MR) is 136 cm³/mol. The van der Waals surface area contributed by atoms with E-state index < -0.39 is 23.0 Å². The molecule has 2 aromatic rings. The highest BCUT2D eigenvalue weighted by molar-refractivity contribution is 6.06. The van der Waals surface area contributed by atoms with Crippen LogP contribution in [0.4, 0.5) is 0 Å². The van der Waals surface area contributed by atoms with Gasteiger partial charge in [0, 0.05) is 12.2 Å². The predicted octanol–water partition coefficient (Wildman–Crippen LogP) is 5.15. The summed E-state index contributed by atoms with van der Waals surface area (Å²) < 4.78 is 15.5. The highest BCUT2D eigenvalue weighted by Gasteiger charge is 2.45. The number of carbonyl (C=O) groups excluding carboxylic acids is 2. The molecule has 1 amide bonds. The molecule has 3 heterocycles. The number of rotatable bonds is 6. The van der Waals surface area contributed by atoms with E-state index in [0.29, 0.717) is 24.5 Å². The standard InChI is InChI=1S/C14H17NO4.C14H15NO3/c16-12(7-6-11-5-4-10-19-11)15-14(13(17)18)8-2-1-3-9-14;16-13-14(8-2-1-3-9-14)15-12(18-13)7-6-11-5-4-10-17-11/h4-7,10H,1-3,8-9H2,(H,15,16)(H,17,18);4-7,10H,1-3,8-9H2/b2*7-6+. The minimum Gasteiger partial charge on any atom is -0.480 e. The molecule has 5 rings (SSSR count). The van der Waals surface area contributed by atoms with Gasteiger partial charge in [-0.3, -0.25) is 4.79 Å². The lowest BCUT2D eigenvalue weighted by atomic mass is 9.81. The minimum atomic E-state index is -1.11. The van der Waals surface area contributed by atoms with Gasteiger partial charge in [-0.2, -0.15) is 0 Å². The summed E-state index contributed by atoms with van der Waals surface area (Å²) in [6.07, 6.45) is 17.9. The van der Waals surface area contributed by atoms with E-state index >= 15 is 0 Å². The number of carboxylic acids is 1. The molecule has 1 aliphatic heterocycles. The topological polar surface area (TPSA) is 131 Å². The second kappa shape index (κ2) is 11.9. The van der Waals surface area contributed by atoms with Gasteiger partial charge in [-0.15, -0.1) is 0 Å². The van der Waals surface area contributed by atoms with Crippen LogP contribution in [0, 0.1) is 0 Å². The number of carboxylic acid groups (broad SMARTS) is 1. The van der Waals surface area contributed by atoms with Gasteiger partial charge < -0.3 is 24.0 Å². The Hall–Kier alpha value is -3.88. The summed E-state index contributed by atoms with van der Waals surface area (Å²) in [5.41, 5.74) is -1.70. The van der Waals surface area contributed by atoms with Crippen molar-refractivity contribution in [1.82, 2.24) is 5.32 Å². The molecule has 0 aromatic carbocycles. The fourth-order valence-corrected chi connectivity index (χ4v) is 4.90. The van der Waals surface area contributed by atoms with E-state index in [1.807, 2.05) is 12.1 Å². The zero-order chi connectivity index (χ0) is 26.1. The largest absolute Gasteiger partial charge is 0.480 e. The first-order valence-corrected chi connectivity index (χ1v) is 12.7. The second-order valence-electron chi connectivity index (χ2n) is 9.57. The van der Waals surface area contributed by atoms with Crippen molar-refractivity contribution in [2.24, 2.45) is 4.99 Å². The molecule has 2 saturated carbocycles. The van der Waals surface area contributed by atoms with Crippen LogP contribution >= 0.6 is 0 Å². The maximum atomic E-state index is 11.9. The maximum Gasteiger partial charge on any atom is 0.340 e. The summed E-state index contributed by atoms with van der Waals surface area (Å²) in [5, 5.41) is 12.0. The molecule has 9 heteroatoms. The summed E-state index contributed by atoms with van der Waals surface area (Å²) >= 11 is 0. The van der Waals surface area contributed by atoms with Crippen molar-refractivity contribution in [3.8, 4) is 0 Å². The van der Waals surface area contributed by atoms with E-state index in [0.717, 1.165) is 50.7 Å². The van der Waals surface area contributed by atoms with Crippen LogP contribution in [0.3, 0.4) is 0 Å². The zero-order valence-electron chi connectivity index (χ0n) is 20.7. The van der Waals surface area contributed by atoms with E-state index in [9.17, 15) is 19.5 Å². The number of amides is 1. The fraction of sp³-hybridized carbons (Fsp3) is 0.429. The van der Waals surface area contributed by atoms with Crippen LogP contribution in [-0.2, 0) is 19.1 Å². The summed E-state index contributed by atoms with van der Waals surface area (Å²) in [7, 11) is 0. The number of nitrogens with zero attached hydrogens (tertiary/aromatic N) is 1. The Labute approximate surface area is 215 Å². The van der Waals surface area contributed by atoms with Gasteiger partial charge in [0.15, 0.2) is 5.54 Å². The van der Waals surface area contributed by atoms with Crippen LogP contribution in [-0.4, -0.2) is 39.9 Å². The number of cyclic esters (lactones) is 1. The van der Waals surface area contributed by atoms with Gasteiger partial charge in [0.05, 0.1) is 12.5 Å². The first-order chi connectivity index (χ1) is 17.9. The molecule has 1 spiro atoms. The highest BCUT2D eigenvalue weighted by atomic mass is 16.6. The maximum absolute atomic E-state index is 11.9. The van der Waals surface area contributed by atoms with Gasteiger partial charge in [-0.1, -0.05) is 38.5 Å². The van der Waals surface area contributed by atoms with Gasteiger partial charge in [-0.25, -0.2) is 14.6 Å². The molecule has 0 radical (unpaired) electrons. The van der Waals surface area contributed by atoms with E-state index in [4.69, 9.17) is 13.6 Å².